The van der Waals surface area contributed by atoms with Crippen molar-refractivity contribution in [2.75, 3.05) is 18.6 Å². The number of methoxy groups -OCH3 is 1. The van der Waals surface area contributed by atoms with E-state index in [1.807, 2.05) is 0 Å². The van der Waals surface area contributed by atoms with E-state index in [0.717, 1.165) is 6.07 Å². The first-order valence-corrected chi connectivity index (χ1v) is 9.65. The van der Waals surface area contributed by atoms with Crippen molar-refractivity contribution in [3.05, 3.63) is 62.1 Å². The van der Waals surface area contributed by atoms with E-state index in [4.69, 9.17) is 15.9 Å². The van der Waals surface area contributed by atoms with Gasteiger partial charge in [-0.05, 0) is 45.8 Å². The van der Waals surface area contributed by atoms with Gasteiger partial charge in [0.05, 0.1) is 22.2 Å². The minimum absolute atomic E-state index is 0.00340. The van der Waals surface area contributed by atoms with E-state index in [9.17, 15) is 24.5 Å². The van der Waals surface area contributed by atoms with Gasteiger partial charge in [-0.2, -0.15) is 0 Å². The zero-order valence-corrected chi connectivity index (χ0v) is 18.0. The molecule has 162 valence electrons. The number of terminal acetylenes is 1. The molecule has 2 aromatic rings. The summed E-state index contributed by atoms with van der Waals surface area (Å²) in [5.74, 6) is 1.10. The number of hydrogen-bond acceptors (Lipinski definition) is 7. The molecule has 32 heavy (non-hydrogen) atoms. The Kier molecular flexibility index (Phi) is 6.56. The first-order valence-electron chi connectivity index (χ1n) is 8.86. The number of nitrogens with one attached hydrogen (secondary N) is 1. The number of hydrogen-bond donors (Lipinski definition) is 1. The van der Waals surface area contributed by atoms with Crippen molar-refractivity contribution in [2.24, 2.45) is 0 Å². The fourth-order valence-electron chi connectivity index (χ4n) is 2.88. The van der Waals surface area contributed by atoms with Crippen LogP contribution in [0, 0.1) is 22.5 Å². The molecule has 11 heteroatoms. The van der Waals surface area contributed by atoms with Gasteiger partial charge in [0, 0.05) is 12.1 Å². The molecule has 2 aromatic carbocycles. The van der Waals surface area contributed by atoms with Gasteiger partial charge in [0.15, 0.2) is 11.5 Å². The summed E-state index contributed by atoms with van der Waals surface area (Å²) in [5.41, 5.74) is -0.352. The van der Waals surface area contributed by atoms with Crippen molar-refractivity contribution in [1.82, 2.24) is 5.32 Å². The molecule has 0 aliphatic carbocycles. The topological polar surface area (TPSA) is 128 Å². The summed E-state index contributed by atoms with van der Waals surface area (Å²) >= 11 is 3.33. The number of imide groups is 2. The first-order chi connectivity index (χ1) is 15.3. The third kappa shape index (κ3) is 4.45. The van der Waals surface area contributed by atoms with Crippen LogP contribution >= 0.6 is 15.9 Å². The lowest BCUT2D eigenvalue weighted by molar-refractivity contribution is -0.384. The number of rotatable bonds is 6. The Morgan fingerprint density at radius 3 is 2.69 bits per heavy atom. The van der Waals surface area contributed by atoms with Crippen LogP contribution in [0.2, 0.25) is 0 Å². The number of anilines is 1. The van der Waals surface area contributed by atoms with Gasteiger partial charge in [-0.25, -0.2) is 9.69 Å². The van der Waals surface area contributed by atoms with Gasteiger partial charge in [0.25, 0.3) is 17.5 Å². The van der Waals surface area contributed by atoms with Crippen LogP contribution in [-0.4, -0.2) is 36.5 Å². The molecule has 0 radical (unpaired) electrons. The highest BCUT2D eigenvalue weighted by molar-refractivity contribution is 9.10. The normalized spacial score (nSPS) is 14.7. The lowest BCUT2D eigenvalue weighted by Gasteiger charge is -2.26. The van der Waals surface area contributed by atoms with E-state index >= 15 is 0 Å². The van der Waals surface area contributed by atoms with Crippen molar-refractivity contribution in [3.63, 3.8) is 0 Å². The summed E-state index contributed by atoms with van der Waals surface area (Å²) in [6, 6.07) is 7.00. The van der Waals surface area contributed by atoms with E-state index in [1.54, 1.807) is 6.07 Å². The molecule has 1 N–H and O–H groups in total. The zero-order chi connectivity index (χ0) is 23.4. The van der Waals surface area contributed by atoms with Gasteiger partial charge in [-0.15, -0.1) is 6.42 Å². The number of halogens is 1. The van der Waals surface area contributed by atoms with E-state index < -0.39 is 22.8 Å². The number of non-ortho nitro benzene ring substituents is 1. The molecule has 1 fully saturated rings. The number of barbiturate groups is 1. The number of benzene rings is 2. The van der Waals surface area contributed by atoms with Gasteiger partial charge >= 0.3 is 6.03 Å². The SMILES string of the molecule is C#CCOc1c(Br)cc(C=C2C(=O)NC(=O)N(c3cccc([N+](=O)[O-])c3)C2=O)cc1OC. The van der Waals surface area contributed by atoms with Crippen molar-refractivity contribution in [2.45, 2.75) is 0 Å². The number of ether oxygens (including phenoxy) is 2. The molecule has 3 rings (SSSR count). The second-order valence-corrected chi connectivity index (χ2v) is 7.12. The number of carbonyl (C=O) groups excluding carboxylic acids is 3. The maximum absolute atomic E-state index is 13.0. The summed E-state index contributed by atoms with van der Waals surface area (Å²) in [6.45, 7) is -0.00340. The maximum Gasteiger partial charge on any atom is 0.335 e. The standard InChI is InChI=1S/C21H14BrN3O7/c1-3-7-32-18-16(22)9-12(10-17(18)31-2)8-15-19(26)23-21(28)24(20(15)27)13-5-4-6-14(11-13)25(29)30/h1,4-6,8-11H,7H2,2H3,(H,23,26,28). The van der Waals surface area contributed by atoms with Crippen LogP contribution in [0.3, 0.4) is 0 Å². The third-order valence-electron chi connectivity index (χ3n) is 4.26. The highest BCUT2D eigenvalue weighted by atomic mass is 79.9. The van der Waals surface area contributed by atoms with Crippen LogP contribution in [0.5, 0.6) is 11.5 Å². The molecule has 10 nitrogen and oxygen atoms in total. The van der Waals surface area contributed by atoms with Gasteiger partial charge in [0.1, 0.15) is 12.2 Å². The van der Waals surface area contributed by atoms with Crippen molar-refractivity contribution in [1.29, 1.82) is 0 Å². The van der Waals surface area contributed by atoms with Gasteiger partial charge in [0.2, 0.25) is 0 Å². The Balaban J connectivity index is 2.03. The number of carbonyl (C=O) groups is 3. The Morgan fingerprint density at radius 2 is 2.03 bits per heavy atom. The minimum Gasteiger partial charge on any atom is -0.493 e. The van der Waals surface area contributed by atoms with Gasteiger partial charge in [-0.1, -0.05) is 12.0 Å². The van der Waals surface area contributed by atoms with Gasteiger partial charge < -0.3 is 9.47 Å². The Hall–Kier alpha value is -4.17. The average molecular weight is 500 g/mol. The smallest absolute Gasteiger partial charge is 0.335 e. The van der Waals surface area contributed by atoms with E-state index in [2.05, 4.69) is 27.2 Å². The maximum atomic E-state index is 13.0. The highest BCUT2D eigenvalue weighted by Gasteiger charge is 2.37. The number of nitrogens with zero attached hydrogens (tertiary/aromatic N) is 2. The molecular weight excluding hydrogens is 486 g/mol. The van der Waals surface area contributed by atoms with Crippen LogP contribution in [0.25, 0.3) is 6.08 Å². The molecule has 0 unspecified atom stereocenters. The Labute approximate surface area is 190 Å². The van der Waals surface area contributed by atoms with Crippen LogP contribution < -0.4 is 19.7 Å². The predicted molar refractivity (Wildman–Crippen MR) is 117 cm³/mol. The van der Waals surface area contributed by atoms with Crippen LogP contribution in [0.4, 0.5) is 16.2 Å². The molecule has 1 heterocycles. The molecule has 0 atom stereocenters. The van der Waals surface area contributed by atoms with Crippen LogP contribution in [0.1, 0.15) is 5.56 Å². The number of nitro groups is 1. The lowest BCUT2D eigenvalue weighted by atomic mass is 10.1. The van der Waals surface area contributed by atoms with Crippen molar-refractivity contribution >= 4 is 51.2 Å². The summed E-state index contributed by atoms with van der Waals surface area (Å²) in [7, 11) is 1.41. The molecular formula is C21H14BrN3O7. The van der Waals surface area contributed by atoms with Gasteiger partial charge in [-0.3, -0.25) is 25.0 Å². The van der Waals surface area contributed by atoms with E-state index in [-0.39, 0.29) is 29.3 Å². The molecule has 1 aliphatic rings. The average Bonchev–Trinajstić information content (AvgIpc) is 2.75. The molecule has 0 spiro atoms. The molecule has 0 bridgehead atoms. The largest absolute Gasteiger partial charge is 0.493 e. The molecule has 0 aromatic heterocycles. The summed E-state index contributed by atoms with van der Waals surface area (Å²) in [5, 5.41) is 13.1. The first kappa shape index (κ1) is 22.5. The van der Waals surface area contributed by atoms with Crippen molar-refractivity contribution < 1.29 is 28.8 Å². The summed E-state index contributed by atoms with van der Waals surface area (Å²) < 4.78 is 11.2. The number of amides is 4. The molecule has 1 aliphatic heterocycles. The Morgan fingerprint density at radius 1 is 1.28 bits per heavy atom. The highest BCUT2D eigenvalue weighted by Crippen LogP contribution is 2.37. The molecule has 1 saturated heterocycles. The molecule has 4 amide bonds. The van der Waals surface area contributed by atoms with E-state index in [0.29, 0.717) is 20.7 Å². The quantitative estimate of drug-likeness (QED) is 0.212. The third-order valence-corrected chi connectivity index (χ3v) is 4.85. The monoisotopic (exact) mass is 499 g/mol. The number of nitro benzene ring substituents is 1. The van der Waals surface area contributed by atoms with Crippen LogP contribution in [-0.2, 0) is 9.59 Å². The number of urea groups is 1. The second-order valence-electron chi connectivity index (χ2n) is 6.26. The lowest BCUT2D eigenvalue weighted by Crippen LogP contribution is -2.54. The van der Waals surface area contributed by atoms with Crippen molar-refractivity contribution in [3.8, 4) is 23.8 Å². The zero-order valence-electron chi connectivity index (χ0n) is 16.5. The fourth-order valence-corrected chi connectivity index (χ4v) is 3.46. The minimum atomic E-state index is -1.02. The van der Waals surface area contributed by atoms with E-state index in [1.165, 1.54) is 37.5 Å². The second kappa shape index (κ2) is 9.32. The summed E-state index contributed by atoms with van der Waals surface area (Å²) in [6.07, 6.45) is 6.46. The Bertz CT molecular complexity index is 1220. The van der Waals surface area contributed by atoms with Crippen LogP contribution in [0.15, 0.2) is 46.4 Å². The predicted octanol–water partition coefficient (Wildman–Crippen LogP) is 3.04. The fraction of sp³-hybridized carbons (Fsp3) is 0.0952. The summed E-state index contributed by atoms with van der Waals surface area (Å²) in [4.78, 5) is 48.7. The molecule has 0 saturated carbocycles.